The first-order valence-electron chi connectivity index (χ1n) is 7.84. The quantitative estimate of drug-likeness (QED) is 0.792. The molecule has 2 amide bonds. The van der Waals surface area contributed by atoms with Gasteiger partial charge in [-0.05, 0) is 29.8 Å². The predicted molar refractivity (Wildman–Crippen MR) is 103 cm³/mol. The van der Waals surface area contributed by atoms with Crippen LogP contribution in [0.2, 0.25) is 4.34 Å². The molecule has 1 saturated heterocycles. The van der Waals surface area contributed by atoms with E-state index in [4.69, 9.17) is 11.6 Å². The molecule has 2 heterocycles. The number of hydrogen-bond donors (Lipinski definition) is 1. The molecule has 4 nitrogen and oxygen atoms in total. The van der Waals surface area contributed by atoms with E-state index >= 15 is 0 Å². The van der Waals surface area contributed by atoms with Crippen LogP contribution < -0.4 is 5.32 Å². The van der Waals surface area contributed by atoms with Gasteiger partial charge in [0.25, 0.3) is 0 Å². The highest BCUT2D eigenvalue weighted by Gasteiger charge is 2.21. The second-order valence-corrected chi connectivity index (χ2v) is 8.47. The lowest BCUT2D eigenvalue weighted by Crippen LogP contribution is -2.51. The van der Waals surface area contributed by atoms with Gasteiger partial charge < -0.3 is 10.2 Å². The summed E-state index contributed by atoms with van der Waals surface area (Å²) >= 11 is 11.0. The summed E-state index contributed by atoms with van der Waals surface area (Å²) in [5.41, 5.74) is 1.09. The van der Waals surface area contributed by atoms with E-state index in [-0.39, 0.29) is 6.03 Å². The number of rotatable bonds is 4. The molecule has 1 aromatic carbocycles. The topological polar surface area (TPSA) is 35.6 Å². The van der Waals surface area contributed by atoms with E-state index in [0.717, 1.165) is 47.1 Å². The maximum Gasteiger partial charge on any atom is 0.317 e. The first-order chi connectivity index (χ1) is 11.6. The van der Waals surface area contributed by atoms with Crippen molar-refractivity contribution in [3.05, 3.63) is 55.6 Å². The average Bonchev–Trinajstić information content (AvgIpc) is 2.98. The molecule has 0 atom stereocenters. The van der Waals surface area contributed by atoms with Crippen LogP contribution in [0.1, 0.15) is 10.4 Å². The van der Waals surface area contributed by atoms with Crippen LogP contribution >= 0.6 is 38.9 Å². The summed E-state index contributed by atoms with van der Waals surface area (Å²) in [5, 5.41) is 3.00. The second-order valence-electron chi connectivity index (χ2n) is 5.76. The Labute approximate surface area is 159 Å². The molecule has 0 saturated carbocycles. The number of benzene rings is 1. The first kappa shape index (κ1) is 17.7. The highest BCUT2D eigenvalue weighted by Crippen LogP contribution is 2.23. The van der Waals surface area contributed by atoms with Crippen LogP contribution in [-0.2, 0) is 13.1 Å². The summed E-state index contributed by atoms with van der Waals surface area (Å²) in [6.07, 6.45) is 0. The second kappa shape index (κ2) is 8.34. The number of halogens is 2. The van der Waals surface area contributed by atoms with Gasteiger partial charge in [-0.3, -0.25) is 4.90 Å². The van der Waals surface area contributed by atoms with E-state index in [0.29, 0.717) is 6.54 Å². The Bertz CT molecular complexity index is 701. The minimum atomic E-state index is 0.00814. The van der Waals surface area contributed by atoms with Crippen molar-refractivity contribution in [1.82, 2.24) is 15.1 Å². The van der Waals surface area contributed by atoms with Crippen molar-refractivity contribution in [2.75, 3.05) is 26.2 Å². The normalized spacial score (nSPS) is 15.5. The molecule has 0 aliphatic carbocycles. The molecule has 0 unspecified atom stereocenters. The van der Waals surface area contributed by atoms with E-state index in [2.05, 4.69) is 32.2 Å². The monoisotopic (exact) mass is 427 g/mol. The van der Waals surface area contributed by atoms with E-state index < -0.39 is 0 Å². The van der Waals surface area contributed by atoms with Gasteiger partial charge in [0.2, 0.25) is 0 Å². The molecule has 24 heavy (non-hydrogen) atoms. The van der Waals surface area contributed by atoms with Crippen molar-refractivity contribution < 1.29 is 4.79 Å². The Kier molecular flexibility index (Phi) is 6.16. The number of carbonyl (C=O) groups is 1. The van der Waals surface area contributed by atoms with Crippen LogP contribution in [0.5, 0.6) is 0 Å². The molecule has 0 bridgehead atoms. The van der Waals surface area contributed by atoms with Crippen molar-refractivity contribution in [3.63, 3.8) is 0 Å². The summed E-state index contributed by atoms with van der Waals surface area (Å²) < 4.78 is 1.85. The Balaban J connectivity index is 1.43. The first-order valence-corrected chi connectivity index (χ1v) is 9.83. The fraction of sp³-hybridized carbons (Fsp3) is 0.353. The molecular formula is C17H19BrClN3OS. The van der Waals surface area contributed by atoms with Gasteiger partial charge in [0.15, 0.2) is 0 Å². The number of urea groups is 1. The maximum absolute atomic E-state index is 12.3. The van der Waals surface area contributed by atoms with Crippen LogP contribution in [-0.4, -0.2) is 42.0 Å². The molecule has 1 fully saturated rings. The largest absolute Gasteiger partial charge is 0.334 e. The van der Waals surface area contributed by atoms with E-state index in [1.807, 2.05) is 35.2 Å². The Morgan fingerprint density at radius 1 is 1.21 bits per heavy atom. The third-order valence-electron chi connectivity index (χ3n) is 4.00. The smallest absolute Gasteiger partial charge is 0.317 e. The predicted octanol–water partition coefficient (Wildman–Crippen LogP) is 4.19. The summed E-state index contributed by atoms with van der Waals surface area (Å²) in [6, 6.07) is 12.0. The number of amides is 2. The molecule has 0 radical (unpaired) electrons. The fourth-order valence-electron chi connectivity index (χ4n) is 2.70. The minimum Gasteiger partial charge on any atom is -0.334 e. The van der Waals surface area contributed by atoms with Crippen LogP contribution in [0.3, 0.4) is 0 Å². The summed E-state index contributed by atoms with van der Waals surface area (Å²) in [7, 11) is 0. The van der Waals surface area contributed by atoms with Crippen LogP contribution in [0.25, 0.3) is 0 Å². The molecule has 7 heteroatoms. The lowest BCUT2D eigenvalue weighted by atomic mass is 10.2. The van der Waals surface area contributed by atoms with Crippen molar-refractivity contribution in [3.8, 4) is 0 Å². The van der Waals surface area contributed by atoms with Gasteiger partial charge in [0.1, 0.15) is 0 Å². The third-order valence-corrected chi connectivity index (χ3v) is 5.71. The Hall–Kier alpha value is -1.08. The Morgan fingerprint density at radius 3 is 2.67 bits per heavy atom. The molecular weight excluding hydrogens is 410 g/mol. The summed E-state index contributed by atoms with van der Waals surface area (Å²) in [5.74, 6) is 0. The highest BCUT2D eigenvalue weighted by atomic mass is 79.9. The molecule has 2 aromatic rings. The van der Waals surface area contributed by atoms with Gasteiger partial charge in [-0.15, -0.1) is 11.3 Å². The van der Waals surface area contributed by atoms with Gasteiger partial charge in [-0.2, -0.15) is 0 Å². The van der Waals surface area contributed by atoms with E-state index in [9.17, 15) is 4.79 Å². The lowest BCUT2D eigenvalue weighted by molar-refractivity contribution is 0.135. The zero-order valence-corrected chi connectivity index (χ0v) is 16.3. The number of piperazine rings is 1. The van der Waals surface area contributed by atoms with Gasteiger partial charge in [-0.25, -0.2) is 4.79 Å². The maximum atomic E-state index is 12.3. The van der Waals surface area contributed by atoms with Crippen molar-refractivity contribution in [2.45, 2.75) is 13.1 Å². The van der Waals surface area contributed by atoms with Crippen LogP contribution in [0.4, 0.5) is 4.79 Å². The van der Waals surface area contributed by atoms with Gasteiger partial charge >= 0.3 is 6.03 Å². The molecule has 0 spiro atoms. The standard InChI is InChI=1S/C17H19BrClN3OS/c18-14-3-1-2-13(10-14)11-20-17(23)22-8-6-21(7-9-22)12-15-4-5-16(19)24-15/h1-5,10H,6-9,11-12H2,(H,20,23). The van der Waals surface area contributed by atoms with Crippen molar-refractivity contribution >= 4 is 44.9 Å². The van der Waals surface area contributed by atoms with Crippen LogP contribution in [0.15, 0.2) is 40.9 Å². The number of thiophene rings is 1. The van der Waals surface area contributed by atoms with Crippen LogP contribution in [0, 0.1) is 0 Å². The Morgan fingerprint density at radius 2 is 2.00 bits per heavy atom. The number of nitrogens with one attached hydrogen (secondary N) is 1. The van der Waals surface area contributed by atoms with E-state index in [1.54, 1.807) is 11.3 Å². The molecule has 128 valence electrons. The highest BCUT2D eigenvalue weighted by molar-refractivity contribution is 9.10. The third kappa shape index (κ3) is 4.96. The number of nitrogens with zero attached hydrogens (tertiary/aromatic N) is 2. The molecule has 1 aliphatic rings. The average molecular weight is 429 g/mol. The van der Waals surface area contributed by atoms with Gasteiger partial charge in [-0.1, -0.05) is 39.7 Å². The van der Waals surface area contributed by atoms with Gasteiger partial charge in [0.05, 0.1) is 4.34 Å². The molecule has 1 aliphatic heterocycles. The zero-order chi connectivity index (χ0) is 16.9. The van der Waals surface area contributed by atoms with Crippen molar-refractivity contribution in [1.29, 1.82) is 0 Å². The number of hydrogen-bond acceptors (Lipinski definition) is 3. The fourth-order valence-corrected chi connectivity index (χ4v) is 4.28. The summed E-state index contributed by atoms with van der Waals surface area (Å²) in [6.45, 7) is 4.74. The molecule has 3 rings (SSSR count). The lowest BCUT2D eigenvalue weighted by Gasteiger charge is -2.34. The SMILES string of the molecule is O=C(NCc1cccc(Br)c1)N1CCN(Cc2ccc(Cl)s2)CC1. The minimum absolute atomic E-state index is 0.00814. The summed E-state index contributed by atoms with van der Waals surface area (Å²) in [4.78, 5) is 17.8. The number of carbonyl (C=O) groups excluding carboxylic acids is 1. The van der Waals surface area contributed by atoms with Gasteiger partial charge in [0, 0.05) is 48.6 Å². The van der Waals surface area contributed by atoms with E-state index in [1.165, 1.54) is 4.88 Å². The van der Waals surface area contributed by atoms with Crippen molar-refractivity contribution in [2.24, 2.45) is 0 Å². The zero-order valence-electron chi connectivity index (χ0n) is 13.2. The molecule has 1 aromatic heterocycles. The molecule has 1 N–H and O–H groups in total.